The Balaban J connectivity index is 1.61. The standard InChI is InChI=1S/C31H38O12/c1-14(2)16(5-4-15(3)12-32)8-19-21(35)10-22(36)26-23(37)11-24(42-30(19)26)18-7-6-17(9-20(18)34)41-31-29(40)28(39)27(38)25(13-33)43-31/h4,6-7,9-10,16,24-25,27-29,31-36,38-40H,1,5,8,11-13H2,2-3H3/b15-4+/t16?,24-,25+,27+,28-,29+,31+/m0/s1. The van der Waals surface area contributed by atoms with Crippen LogP contribution in [-0.2, 0) is 11.2 Å². The highest BCUT2D eigenvalue weighted by Gasteiger charge is 2.45. The molecule has 2 aliphatic heterocycles. The van der Waals surface area contributed by atoms with Crippen LogP contribution in [0.2, 0.25) is 0 Å². The number of ether oxygens (including phenoxy) is 3. The summed E-state index contributed by atoms with van der Waals surface area (Å²) in [4.78, 5) is 13.2. The van der Waals surface area contributed by atoms with Crippen LogP contribution in [0, 0.1) is 5.92 Å². The third-order valence-electron chi connectivity index (χ3n) is 7.85. The average Bonchev–Trinajstić information content (AvgIpc) is 2.96. The lowest BCUT2D eigenvalue weighted by molar-refractivity contribution is -0.277. The quantitative estimate of drug-likeness (QED) is 0.183. The molecule has 0 aromatic heterocycles. The molecule has 8 N–H and O–H groups in total. The third kappa shape index (κ3) is 6.80. The number of carbonyl (C=O) groups excluding carboxylic acids is 1. The van der Waals surface area contributed by atoms with Crippen LogP contribution in [0.3, 0.4) is 0 Å². The Morgan fingerprint density at radius 3 is 2.40 bits per heavy atom. The van der Waals surface area contributed by atoms with E-state index in [2.05, 4.69) is 6.58 Å². The highest BCUT2D eigenvalue weighted by Crippen LogP contribution is 2.48. The first-order chi connectivity index (χ1) is 20.4. The second kappa shape index (κ2) is 13.3. The van der Waals surface area contributed by atoms with Gasteiger partial charge in [0, 0.05) is 23.3 Å². The van der Waals surface area contributed by atoms with Gasteiger partial charge in [0.1, 0.15) is 64.8 Å². The molecule has 0 bridgehead atoms. The molecule has 0 aliphatic carbocycles. The number of aliphatic hydroxyl groups is 5. The van der Waals surface area contributed by atoms with Crippen LogP contribution in [0.5, 0.6) is 28.7 Å². The topological polar surface area (TPSA) is 207 Å². The van der Waals surface area contributed by atoms with Gasteiger partial charge in [0.25, 0.3) is 0 Å². The number of ketones is 1. The number of benzene rings is 2. The summed E-state index contributed by atoms with van der Waals surface area (Å²) in [6, 6.07) is 5.13. The molecule has 43 heavy (non-hydrogen) atoms. The van der Waals surface area contributed by atoms with E-state index in [4.69, 9.17) is 14.2 Å². The molecule has 2 heterocycles. The second-order valence-corrected chi connectivity index (χ2v) is 11.1. The SMILES string of the molecule is C=C(C)C(C/C=C(\C)CO)Cc1c(O)cc(O)c2c1O[C@H](c1ccc(O[C@@H]3O[C@H](CO)[C@@H](O)[C@H](O)[C@H]3O)cc1O)CC2=O. The van der Waals surface area contributed by atoms with E-state index in [0.29, 0.717) is 6.42 Å². The van der Waals surface area contributed by atoms with Gasteiger partial charge in [-0.1, -0.05) is 23.8 Å². The molecular formula is C31H38O12. The van der Waals surface area contributed by atoms with Gasteiger partial charge in [-0.3, -0.25) is 4.79 Å². The van der Waals surface area contributed by atoms with E-state index in [1.54, 1.807) is 6.92 Å². The Morgan fingerprint density at radius 2 is 1.77 bits per heavy atom. The largest absolute Gasteiger partial charge is 0.507 e. The molecule has 12 nitrogen and oxygen atoms in total. The second-order valence-electron chi connectivity index (χ2n) is 11.1. The smallest absolute Gasteiger partial charge is 0.229 e. The van der Waals surface area contributed by atoms with Gasteiger partial charge in [-0.25, -0.2) is 0 Å². The first-order valence-corrected chi connectivity index (χ1v) is 13.9. The van der Waals surface area contributed by atoms with Crippen molar-refractivity contribution in [1.29, 1.82) is 0 Å². The zero-order valence-electron chi connectivity index (χ0n) is 23.9. The Labute approximate surface area is 248 Å². The van der Waals surface area contributed by atoms with E-state index in [1.807, 2.05) is 13.0 Å². The van der Waals surface area contributed by atoms with E-state index >= 15 is 0 Å². The Hall–Kier alpha value is -3.65. The minimum atomic E-state index is -1.65. The maximum absolute atomic E-state index is 13.2. The number of hydrogen-bond donors (Lipinski definition) is 8. The molecule has 234 valence electrons. The molecule has 1 fully saturated rings. The number of aromatic hydroxyl groups is 3. The number of allylic oxidation sites excluding steroid dienone is 2. The van der Waals surface area contributed by atoms with E-state index in [-0.39, 0.29) is 65.1 Å². The maximum atomic E-state index is 13.2. The van der Waals surface area contributed by atoms with E-state index in [0.717, 1.165) is 17.2 Å². The van der Waals surface area contributed by atoms with Gasteiger partial charge in [0.15, 0.2) is 5.78 Å². The van der Waals surface area contributed by atoms with Crippen LogP contribution in [0.1, 0.15) is 54.3 Å². The maximum Gasteiger partial charge on any atom is 0.229 e. The van der Waals surface area contributed by atoms with Crippen molar-refractivity contribution in [3.05, 3.63) is 64.8 Å². The van der Waals surface area contributed by atoms with Gasteiger partial charge in [-0.2, -0.15) is 0 Å². The lowest BCUT2D eigenvalue weighted by Crippen LogP contribution is -2.60. The minimum Gasteiger partial charge on any atom is -0.507 e. The van der Waals surface area contributed by atoms with Gasteiger partial charge in [0.2, 0.25) is 6.29 Å². The van der Waals surface area contributed by atoms with Crippen LogP contribution in [0.4, 0.5) is 0 Å². The van der Waals surface area contributed by atoms with Gasteiger partial charge in [-0.05, 0) is 44.7 Å². The van der Waals surface area contributed by atoms with Crippen LogP contribution in [-0.4, -0.2) is 90.6 Å². The third-order valence-corrected chi connectivity index (χ3v) is 7.85. The molecule has 0 saturated carbocycles. The molecule has 4 rings (SSSR count). The van der Waals surface area contributed by atoms with E-state index in [1.165, 1.54) is 18.2 Å². The number of aliphatic hydroxyl groups excluding tert-OH is 5. The summed E-state index contributed by atoms with van der Waals surface area (Å²) < 4.78 is 17.1. The van der Waals surface area contributed by atoms with Crippen molar-refractivity contribution in [1.82, 2.24) is 0 Å². The Morgan fingerprint density at radius 1 is 1.05 bits per heavy atom. The summed E-state index contributed by atoms with van der Waals surface area (Å²) in [5, 5.41) is 81.2. The van der Waals surface area contributed by atoms with Crippen molar-refractivity contribution < 1.29 is 59.9 Å². The van der Waals surface area contributed by atoms with Gasteiger partial charge >= 0.3 is 0 Å². The van der Waals surface area contributed by atoms with Crippen LogP contribution >= 0.6 is 0 Å². The van der Waals surface area contributed by atoms with Crippen molar-refractivity contribution in [2.75, 3.05) is 13.2 Å². The number of hydrogen-bond acceptors (Lipinski definition) is 12. The normalized spacial score (nSPS) is 26.4. The number of carbonyl (C=O) groups is 1. The Bertz CT molecular complexity index is 1380. The molecule has 0 amide bonds. The number of Topliss-reactive ketones (excluding diaryl/α,β-unsaturated/α-hetero) is 1. The van der Waals surface area contributed by atoms with Crippen LogP contribution in [0.15, 0.2) is 48.1 Å². The van der Waals surface area contributed by atoms with Crippen molar-refractivity contribution in [3.63, 3.8) is 0 Å². The summed E-state index contributed by atoms with van der Waals surface area (Å²) in [6.45, 7) is 6.92. The predicted molar refractivity (Wildman–Crippen MR) is 152 cm³/mol. The molecule has 0 spiro atoms. The summed E-state index contributed by atoms with van der Waals surface area (Å²) >= 11 is 0. The van der Waals surface area contributed by atoms with Crippen molar-refractivity contribution >= 4 is 5.78 Å². The molecule has 2 aromatic rings. The van der Waals surface area contributed by atoms with Gasteiger partial charge in [0.05, 0.1) is 19.6 Å². The molecule has 2 aliphatic rings. The summed E-state index contributed by atoms with van der Waals surface area (Å²) in [5.41, 5.74) is 1.98. The van der Waals surface area contributed by atoms with Crippen molar-refractivity contribution in [2.45, 2.75) is 69.9 Å². The molecule has 0 radical (unpaired) electrons. The number of phenols is 3. The fourth-order valence-corrected chi connectivity index (χ4v) is 5.18. The Kier molecular flexibility index (Phi) is 10.0. The summed E-state index contributed by atoms with van der Waals surface area (Å²) in [7, 11) is 0. The first-order valence-electron chi connectivity index (χ1n) is 13.9. The average molecular weight is 603 g/mol. The molecule has 7 atom stereocenters. The summed E-state index contributed by atoms with van der Waals surface area (Å²) in [5.74, 6) is -1.69. The number of phenolic OH excluding ortho intramolecular Hbond substituents is 3. The van der Waals surface area contributed by atoms with E-state index in [9.17, 15) is 45.6 Å². The minimum absolute atomic E-state index is 0.00564. The van der Waals surface area contributed by atoms with E-state index < -0.39 is 54.9 Å². The first kappa shape index (κ1) is 32.3. The van der Waals surface area contributed by atoms with Gasteiger partial charge < -0.3 is 55.1 Å². The lowest BCUT2D eigenvalue weighted by Gasteiger charge is -2.39. The summed E-state index contributed by atoms with van der Waals surface area (Å²) in [6.07, 6.45) is -6.15. The highest BCUT2D eigenvalue weighted by molar-refractivity contribution is 6.03. The molecule has 1 saturated heterocycles. The highest BCUT2D eigenvalue weighted by atomic mass is 16.7. The van der Waals surface area contributed by atoms with Crippen molar-refractivity contribution in [2.24, 2.45) is 5.92 Å². The zero-order chi connectivity index (χ0) is 31.6. The monoisotopic (exact) mass is 602 g/mol. The fraction of sp³-hybridized carbons (Fsp3) is 0.452. The van der Waals surface area contributed by atoms with Crippen LogP contribution in [0.25, 0.3) is 0 Å². The fourth-order valence-electron chi connectivity index (χ4n) is 5.18. The molecule has 2 aromatic carbocycles. The number of fused-ring (bicyclic) bond motifs is 1. The number of rotatable bonds is 10. The lowest BCUT2D eigenvalue weighted by atomic mass is 9.86. The van der Waals surface area contributed by atoms with Crippen molar-refractivity contribution in [3.8, 4) is 28.7 Å². The van der Waals surface area contributed by atoms with Gasteiger partial charge in [-0.15, -0.1) is 0 Å². The zero-order valence-corrected chi connectivity index (χ0v) is 23.9. The predicted octanol–water partition coefficient (Wildman–Crippen LogP) is 1.75. The molecule has 1 unspecified atom stereocenters. The van der Waals surface area contributed by atoms with Crippen LogP contribution < -0.4 is 9.47 Å². The molecular weight excluding hydrogens is 564 g/mol. The molecule has 12 heteroatoms.